The zero-order chi connectivity index (χ0) is 36.6. The number of rotatable bonds is 7. The molecule has 0 fully saturated rings. The SMILES string of the molecule is c1ccc(-c2nc(-c3ccc(-c4ccc5ccccc5c4)cc3)nc(-c3c(N(c4ccccc4)c4ccccc4)c4ccccc4c4ccccc34)n2)cc1. The van der Waals surface area contributed by atoms with Crippen LogP contribution in [0.25, 0.3) is 77.6 Å². The van der Waals surface area contributed by atoms with Crippen LogP contribution in [0.2, 0.25) is 0 Å². The highest BCUT2D eigenvalue weighted by Crippen LogP contribution is 2.48. The highest BCUT2D eigenvalue weighted by Gasteiger charge is 2.26. The first-order chi connectivity index (χ1) is 27.3. The van der Waals surface area contributed by atoms with Crippen LogP contribution in [0.5, 0.6) is 0 Å². The molecule has 0 spiro atoms. The van der Waals surface area contributed by atoms with Crippen LogP contribution in [-0.4, -0.2) is 15.0 Å². The van der Waals surface area contributed by atoms with E-state index in [1.54, 1.807) is 0 Å². The second-order valence-corrected chi connectivity index (χ2v) is 13.6. The van der Waals surface area contributed by atoms with Gasteiger partial charge in [-0.25, -0.2) is 15.0 Å². The van der Waals surface area contributed by atoms with Crippen molar-refractivity contribution in [2.75, 3.05) is 4.90 Å². The molecule has 1 heterocycles. The third-order valence-electron chi connectivity index (χ3n) is 10.3. The normalized spacial score (nSPS) is 11.3. The van der Waals surface area contributed by atoms with Crippen molar-refractivity contribution < 1.29 is 0 Å². The van der Waals surface area contributed by atoms with Gasteiger partial charge < -0.3 is 4.90 Å². The number of benzene rings is 9. The summed E-state index contributed by atoms with van der Waals surface area (Å²) in [5.74, 6) is 1.84. The third-order valence-corrected chi connectivity index (χ3v) is 10.3. The summed E-state index contributed by atoms with van der Waals surface area (Å²) >= 11 is 0. The molecule has 0 bridgehead atoms. The van der Waals surface area contributed by atoms with E-state index in [-0.39, 0.29) is 0 Å². The molecule has 10 aromatic rings. The van der Waals surface area contributed by atoms with E-state index in [9.17, 15) is 0 Å². The van der Waals surface area contributed by atoms with Gasteiger partial charge in [0, 0.05) is 27.9 Å². The Balaban J connectivity index is 1.24. The molecule has 258 valence electrons. The fourth-order valence-electron chi connectivity index (χ4n) is 7.66. The summed E-state index contributed by atoms with van der Waals surface area (Å²) in [4.78, 5) is 18.2. The number of hydrogen-bond acceptors (Lipinski definition) is 4. The molecule has 0 saturated carbocycles. The van der Waals surface area contributed by atoms with E-state index >= 15 is 0 Å². The molecule has 0 atom stereocenters. The highest BCUT2D eigenvalue weighted by atomic mass is 15.2. The molecule has 0 unspecified atom stereocenters. The van der Waals surface area contributed by atoms with Crippen LogP contribution in [0.15, 0.2) is 206 Å². The van der Waals surface area contributed by atoms with Gasteiger partial charge in [0.2, 0.25) is 0 Å². The lowest BCUT2D eigenvalue weighted by Crippen LogP contribution is -2.13. The zero-order valence-corrected chi connectivity index (χ0v) is 29.9. The highest BCUT2D eigenvalue weighted by molar-refractivity contribution is 6.22. The summed E-state index contributed by atoms with van der Waals surface area (Å²) in [5, 5.41) is 6.92. The van der Waals surface area contributed by atoms with Gasteiger partial charge in [-0.1, -0.05) is 176 Å². The minimum Gasteiger partial charge on any atom is -0.309 e. The van der Waals surface area contributed by atoms with Gasteiger partial charge in [0.25, 0.3) is 0 Å². The average molecular weight is 703 g/mol. The summed E-state index contributed by atoms with van der Waals surface area (Å²) in [7, 11) is 0. The lowest BCUT2D eigenvalue weighted by molar-refractivity contribution is 1.07. The first-order valence-corrected chi connectivity index (χ1v) is 18.5. The minimum atomic E-state index is 0.608. The topological polar surface area (TPSA) is 41.9 Å². The fourth-order valence-corrected chi connectivity index (χ4v) is 7.66. The van der Waals surface area contributed by atoms with E-state index in [2.05, 4.69) is 193 Å². The Morgan fingerprint density at radius 2 is 0.727 bits per heavy atom. The van der Waals surface area contributed by atoms with Gasteiger partial charge in [0.1, 0.15) is 0 Å². The molecular formula is C51H34N4. The van der Waals surface area contributed by atoms with Gasteiger partial charge in [0.15, 0.2) is 17.5 Å². The molecule has 4 nitrogen and oxygen atoms in total. The third kappa shape index (κ3) is 5.96. The summed E-state index contributed by atoms with van der Waals surface area (Å²) in [6.45, 7) is 0. The quantitative estimate of drug-likeness (QED) is 0.155. The summed E-state index contributed by atoms with van der Waals surface area (Å²) < 4.78 is 0. The maximum absolute atomic E-state index is 5.38. The maximum Gasteiger partial charge on any atom is 0.166 e. The average Bonchev–Trinajstić information content (AvgIpc) is 3.27. The smallest absolute Gasteiger partial charge is 0.166 e. The lowest BCUT2D eigenvalue weighted by Gasteiger charge is -2.30. The van der Waals surface area contributed by atoms with Gasteiger partial charge in [-0.05, 0) is 68.4 Å². The number of nitrogens with zero attached hydrogens (tertiary/aromatic N) is 4. The van der Waals surface area contributed by atoms with E-state index < -0.39 is 0 Å². The molecule has 0 aliphatic rings. The Hall–Kier alpha value is -7.43. The van der Waals surface area contributed by atoms with Crippen molar-refractivity contribution in [3.05, 3.63) is 206 Å². The van der Waals surface area contributed by atoms with Crippen LogP contribution in [0.1, 0.15) is 0 Å². The van der Waals surface area contributed by atoms with E-state index in [1.807, 2.05) is 18.2 Å². The van der Waals surface area contributed by atoms with Crippen LogP contribution in [0.3, 0.4) is 0 Å². The first-order valence-electron chi connectivity index (χ1n) is 18.5. The standard InChI is InChI=1S/C51H34N4/c1-4-17-37(18-5-1)49-52-50(38-31-28-36(29-32-38)40-33-30-35-16-10-11-19-39(35)34-40)54-51(53-49)47-45-26-14-12-24-43(45)44-25-13-15-27-46(44)48(47)55(41-20-6-2-7-21-41)42-22-8-3-9-23-42/h1-34H. The largest absolute Gasteiger partial charge is 0.309 e. The number of aromatic nitrogens is 3. The molecule has 4 heteroatoms. The minimum absolute atomic E-state index is 0.608. The van der Waals surface area contributed by atoms with Gasteiger partial charge in [0.05, 0.1) is 11.3 Å². The molecule has 0 radical (unpaired) electrons. The molecule has 0 saturated heterocycles. The second kappa shape index (κ2) is 13.8. The molecule has 0 N–H and O–H groups in total. The Morgan fingerprint density at radius 1 is 0.291 bits per heavy atom. The van der Waals surface area contributed by atoms with Crippen molar-refractivity contribution in [3.8, 4) is 45.3 Å². The fraction of sp³-hybridized carbons (Fsp3) is 0. The molecule has 9 aromatic carbocycles. The van der Waals surface area contributed by atoms with Gasteiger partial charge >= 0.3 is 0 Å². The van der Waals surface area contributed by atoms with E-state index in [0.717, 1.165) is 60.9 Å². The Morgan fingerprint density at radius 3 is 1.36 bits per heavy atom. The molecular weight excluding hydrogens is 669 g/mol. The van der Waals surface area contributed by atoms with Gasteiger partial charge in [-0.3, -0.25) is 0 Å². The lowest BCUT2D eigenvalue weighted by atomic mass is 9.93. The van der Waals surface area contributed by atoms with Gasteiger partial charge in [-0.15, -0.1) is 0 Å². The van der Waals surface area contributed by atoms with Crippen molar-refractivity contribution in [1.82, 2.24) is 15.0 Å². The van der Waals surface area contributed by atoms with E-state index in [0.29, 0.717) is 17.5 Å². The molecule has 1 aromatic heterocycles. The Bertz CT molecular complexity index is 2920. The van der Waals surface area contributed by atoms with E-state index in [1.165, 1.54) is 16.3 Å². The van der Waals surface area contributed by atoms with Crippen molar-refractivity contribution in [2.45, 2.75) is 0 Å². The summed E-state index contributed by atoms with van der Waals surface area (Å²) in [6, 6.07) is 72.2. The monoisotopic (exact) mass is 702 g/mol. The second-order valence-electron chi connectivity index (χ2n) is 13.6. The first kappa shape index (κ1) is 32.2. The predicted octanol–water partition coefficient (Wildman–Crippen LogP) is 13.5. The van der Waals surface area contributed by atoms with E-state index in [4.69, 9.17) is 15.0 Å². The molecule has 10 rings (SSSR count). The number of para-hydroxylation sites is 2. The van der Waals surface area contributed by atoms with Crippen molar-refractivity contribution in [1.29, 1.82) is 0 Å². The Labute approximate surface area is 319 Å². The predicted molar refractivity (Wildman–Crippen MR) is 229 cm³/mol. The van der Waals surface area contributed by atoms with Crippen molar-refractivity contribution >= 4 is 49.4 Å². The summed E-state index contributed by atoms with van der Waals surface area (Å²) in [5.41, 5.74) is 8.17. The maximum atomic E-state index is 5.38. The number of anilines is 3. The molecule has 0 amide bonds. The Kier molecular flexibility index (Phi) is 8.12. The summed E-state index contributed by atoms with van der Waals surface area (Å²) in [6.07, 6.45) is 0. The van der Waals surface area contributed by atoms with Crippen LogP contribution in [0.4, 0.5) is 17.1 Å². The van der Waals surface area contributed by atoms with Crippen molar-refractivity contribution in [2.24, 2.45) is 0 Å². The zero-order valence-electron chi connectivity index (χ0n) is 29.9. The number of fused-ring (bicyclic) bond motifs is 4. The molecule has 0 aliphatic carbocycles. The number of hydrogen-bond donors (Lipinski definition) is 0. The van der Waals surface area contributed by atoms with Crippen LogP contribution < -0.4 is 4.90 Å². The van der Waals surface area contributed by atoms with Crippen LogP contribution >= 0.6 is 0 Å². The molecule has 0 aliphatic heterocycles. The molecule has 55 heavy (non-hydrogen) atoms. The van der Waals surface area contributed by atoms with Crippen LogP contribution in [-0.2, 0) is 0 Å². The van der Waals surface area contributed by atoms with Crippen molar-refractivity contribution in [3.63, 3.8) is 0 Å². The van der Waals surface area contributed by atoms with Gasteiger partial charge in [-0.2, -0.15) is 0 Å². The van der Waals surface area contributed by atoms with Crippen LogP contribution in [0, 0.1) is 0 Å².